The second-order valence-electron chi connectivity index (χ2n) is 5.08. The lowest BCUT2D eigenvalue weighted by molar-refractivity contribution is -0.0521. The average molecular weight is 303 g/mol. The third-order valence-electron chi connectivity index (χ3n) is 3.49. The number of alkyl halides is 2. The number of nitrogens with zero attached hydrogens (tertiary/aromatic N) is 1. The van der Waals surface area contributed by atoms with E-state index in [0.29, 0.717) is 12.2 Å². The molecule has 0 aliphatic carbocycles. The summed E-state index contributed by atoms with van der Waals surface area (Å²) in [7, 11) is 0. The van der Waals surface area contributed by atoms with E-state index < -0.39 is 18.2 Å². The van der Waals surface area contributed by atoms with E-state index in [1.54, 1.807) is 0 Å². The maximum absolute atomic E-state index is 13.4. The number of rotatable bonds is 7. The molecule has 0 bridgehead atoms. The van der Waals surface area contributed by atoms with Crippen LogP contribution in [-0.2, 0) is 0 Å². The van der Waals surface area contributed by atoms with Crippen LogP contribution in [0.15, 0.2) is 12.1 Å². The molecule has 1 aromatic carbocycles. The fourth-order valence-electron chi connectivity index (χ4n) is 2.44. The molecular weight excluding hydrogens is 283 g/mol. The Labute approximate surface area is 122 Å². The van der Waals surface area contributed by atoms with Crippen LogP contribution in [0.2, 0.25) is 0 Å². The normalized spacial score (nSPS) is 15.6. The van der Waals surface area contributed by atoms with Crippen molar-refractivity contribution in [1.29, 1.82) is 0 Å². The van der Waals surface area contributed by atoms with Crippen LogP contribution in [0.1, 0.15) is 19.3 Å². The highest BCUT2D eigenvalue weighted by molar-refractivity contribution is 5.68. The molecule has 7 heteroatoms. The Morgan fingerprint density at radius 2 is 2.00 bits per heavy atom. The SMILES string of the molecule is Nc1cc(F)c(OC(F)F)cc1NCCCN1CCCC1. The number of halogens is 3. The van der Waals surface area contributed by atoms with Crippen LogP contribution in [-0.4, -0.2) is 37.7 Å². The molecule has 3 N–H and O–H groups in total. The van der Waals surface area contributed by atoms with Gasteiger partial charge in [-0.25, -0.2) is 4.39 Å². The zero-order valence-electron chi connectivity index (χ0n) is 11.7. The van der Waals surface area contributed by atoms with Crippen molar-refractivity contribution < 1.29 is 17.9 Å². The molecule has 0 spiro atoms. The van der Waals surface area contributed by atoms with Crippen LogP contribution in [0.4, 0.5) is 24.5 Å². The van der Waals surface area contributed by atoms with E-state index in [9.17, 15) is 13.2 Å². The van der Waals surface area contributed by atoms with Crippen LogP contribution in [0, 0.1) is 5.82 Å². The van der Waals surface area contributed by atoms with Gasteiger partial charge in [0.1, 0.15) is 0 Å². The second kappa shape index (κ2) is 7.40. The Morgan fingerprint density at radius 3 is 2.67 bits per heavy atom. The van der Waals surface area contributed by atoms with Gasteiger partial charge < -0.3 is 20.7 Å². The van der Waals surface area contributed by atoms with Crippen molar-refractivity contribution in [2.75, 3.05) is 37.2 Å². The quantitative estimate of drug-likeness (QED) is 0.601. The lowest BCUT2D eigenvalue weighted by Gasteiger charge is -2.16. The van der Waals surface area contributed by atoms with Crippen LogP contribution in [0.5, 0.6) is 5.75 Å². The fraction of sp³-hybridized carbons (Fsp3) is 0.571. The highest BCUT2D eigenvalue weighted by Crippen LogP contribution is 2.29. The summed E-state index contributed by atoms with van der Waals surface area (Å²) in [5.41, 5.74) is 6.26. The summed E-state index contributed by atoms with van der Waals surface area (Å²) in [5.74, 6) is -1.39. The minimum atomic E-state index is -3.06. The van der Waals surface area contributed by atoms with Crippen LogP contribution >= 0.6 is 0 Å². The number of benzene rings is 1. The van der Waals surface area contributed by atoms with Crippen molar-refractivity contribution in [3.8, 4) is 5.75 Å². The first-order chi connectivity index (χ1) is 10.1. The Bertz CT molecular complexity index is 465. The van der Waals surface area contributed by atoms with Gasteiger partial charge in [-0.15, -0.1) is 0 Å². The van der Waals surface area contributed by atoms with Gasteiger partial charge in [0.25, 0.3) is 0 Å². The largest absolute Gasteiger partial charge is 0.432 e. The summed E-state index contributed by atoms with van der Waals surface area (Å²) >= 11 is 0. The molecule has 1 fully saturated rings. The number of hydrogen-bond donors (Lipinski definition) is 2. The summed E-state index contributed by atoms with van der Waals surface area (Å²) in [6.45, 7) is 0.816. The van der Waals surface area contributed by atoms with E-state index >= 15 is 0 Å². The minimum Gasteiger partial charge on any atom is -0.432 e. The molecule has 0 saturated carbocycles. The summed E-state index contributed by atoms with van der Waals surface area (Å²) in [4.78, 5) is 2.38. The first-order valence-electron chi connectivity index (χ1n) is 7.06. The summed E-state index contributed by atoms with van der Waals surface area (Å²) in [6.07, 6.45) is 3.39. The van der Waals surface area contributed by atoms with E-state index in [1.807, 2.05) is 0 Å². The van der Waals surface area contributed by atoms with Gasteiger partial charge in [-0.1, -0.05) is 0 Å². The molecule has 1 saturated heterocycles. The van der Waals surface area contributed by atoms with E-state index in [-0.39, 0.29) is 5.69 Å². The molecule has 118 valence electrons. The van der Waals surface area contributed by atoms with Gasteiger partial charge in [0.2, 0.25) is 0 Å². The zero-order valence-corrected chi connectivity index (χ0v) is 11.7. The lowest BCUT2D eigenvalue weighted by atomic mass is 10.2. The highest BCUT2D eigenvalue weighted by Gasteiger charge is 2.14. The maximum atomic E-state index is 13.4. The van der Waals surface area contributed by atoms with Gasteiger partial charge in [0.05, 0.1) is 11.4 Å². The number of nitrogens with one attached hydrogen (secondary N) is 1. The molecule has 0 radical (unpaired) electrons. The molecule has 2 rings (SSSR count). The molecule has 0 atom stereocenters. The zero-order chi connectivity index (χ0) is 15.2. The van der Waals surface area contributed by atoms with Gasteiger partial charge in [-0.05, 0) is 38.9 Å². The molecule has 0 amide bonds. The Balaban J connectivity index is 1.86. The fourth-order valence-corrected chi connectivity index (χ4v) is 2.44. The summed E-state index contributed by atoms with van der Waals surface area (Å²) in [6, 6.07) is 2.16. The molecule has 1 aromatic rings. The van der Waals surface area contributed by atoms with Gasteiger partial charge in [-0.3, -0.25) is 0 Å². The molecular formula is C14H20F3N3O. The van der Waals surface area contributed by atoms with E-state index in [4.69, 9.17) is 5.73 Å². The van der Waals surface area contributed by atoms with Gasteiger partial charge in [0, 0.05) is 18.7 Å². The predicted octanol–water partition coefficient (Wildman–Crippen LogP) is 2.91. The molecule has 1 heterocycles. The minimum absolute atomic E-state index is 0.176. The first kappa shape index (κ1) is 15.8. The second-order valence-corrected chi connectivity index (χ2v) is 5.08. The Kier molecular flexibility index (Phi) is 5.55. The van der Waals surface area contributed by atoms with Crippen molar-refractivity contribution in [2.24, 2.45) is 0 Å². The lowest BCUT2D eigenvalue weighted by Crippen LogP contribution is -2.22. The molecule has 0 unspecified atom stereocenters. The van der Waals surface area contributed by atoms with Crippen molar-refractivity contribution in [2.45, 2.75) is 25.9 Å². The molecule has 0 aromatic heterocycles. The highest BCUT2D eigenvalue weighted by atomic mass is 19.3. The predicted molar refractivity (Wildman–Crippen MR) is 76.2 cm³/mol. The van der Waals surface area contributed by atoms with E-state index in [2.05, 4.69) is 15.0 Å². The number of nitrogens with two attached hydrogens (primary N) is 1. The average Bonchev–Trinajstić information content (AvgIpc) is 2.92. The van der Waals surface area contributed by atoms with Crippen LogP contribution < -0.4 is 15.8 Å². The molecule has 1 aliphatic heterocycles. The monoisotopic (exact) mass is 303 g/mol. The number of hydrogen-bond acceptors (Lipinski definition) is 4. The maximum Gasteiger partial charge on any atom is 0.387 e. The Morgan fingerprint density at radius 1 is 1.29 bits per heavy atom. The Hall–Kier alpha value is -1.63. The van der Waals surface area contributed by atoms with Gasteiger partial charge >= 0.3 is 6.61 Å². The molecule has 1 aliphatic rings. The number of ether oxygens (including phenoxy) is 1. The third-order valence-corrected chi connectivity index (χ3v) is 3.49. The third kappa shape index (κ3) is 4.70. The van der Waals surface area contributed by atoms with Gasteiger partial charge in [0.15, 0.2) is 11.6 Å². The van der Waals surface area contributed by atoms with Crippen molar-refractivity contribution >= 4 is 11.4 Å². The first-order valence-corrected chi connectivity index (χ1v) is 7.06. The van der Waals surface area contributed by atoms with Crippen molar-refractivity contribution in [3.63, 3.8) is 0 Å². The van der Waals surface area contributed by atoms with Crippen molar-refractivity contribution in [3.05, 3.63) is 17.9 Å². The standard InChI is InChI=1S/C14H20F3N3O/c15-10-8-11(18)12(9-13(10)21-14(16)17)19-4-3-7-20-5-1-2-6-20/h8-9,14,19H,1-7,18H2. The van der Waals surface area contributed by atoms with E-state index in [0.717, 1.165) is 32.1 Å². The number of nitrogen functional groups attached to an aromatic ring is 1. The molecule has 21 heavy (non-hydrogen) atoms. The van der Waals surface area contributed by atoms with E-state index in [1.165, 1.54) is 18.9 Å². The summed E-state index contributed by atoms with van der Waals surface area (Å²) < 4.78 is 41.9. The van der Waals surface area contributed by atoms with Crippen LogP contribution in [0.3, 0.4) is 0 Å². The topological polar surface area (TPSA) is 50.5 Å². The van der Waals surface area contributed by atoms with Gasteiger partial charge in [-0.2, -0.15) is 8.78 Å². The van der Waals surface area contributed by atoms with Crippen LogP contribution in [0.25, 0.3) is 0 Å². The number of likely N-dealkylation sites (tertiary alicyclic amines) is 1. The molecule has 4 nitrogen and oxygen atoms in total. The van der Waals surface area contributed by atoms with Crippen molar-refractivity contribution in [1.82, 2.24) is 4.90 Å². The summed E-state index contributed by atoms with van der Waals surface area (Å²) in [5, 5.41) is 3.03. The number of anilines is 2. The smallest absolute Gasteiger partial charge is 0.387 e.